The van der Waals surface area contributed by atoms with Crippen LogP contribution < -0.4 is 10.2 Å². The largest absolute Gasteiger partial charge is 0.371 e. The van der Waals surface area contributed by atoms with E-state index in [0.29, 0.717) is 18.5 Å². The van der Waals surface area contributed by atoms with Crippen LogP contribution in [0.2, 0.25) is 0 Å². The van der Waals surface area contributed by atoms with Crippen LogP contribution in [-0.2, 0) is 20.9 Å². The molecular formula is C19H21N3O4. The van der Waals surface area contributed by atoms with Crippen LogP contribution >= 0.6 is 0 Å². The molecule has 7 nitrogen and oxygen atoms in total. The number of carbonyl (C=O) groups is 4. The van der Waals surface area contributed by atoms with Crippen molar-refractivity contribution in [1.29, 1.82) is 0 Å². The van der Waals surface area contributed by atoms with E-state index in [-0.39, 0.29) is 24.2 Å². The molecule has 2 saturated heterocycles. The minimum absolute atomic E-state index is 0.130. The van der Waals surface area contributed by atoms with Crippen LogP contribution in [0.15, 0.2) is 18.2 Å². The number of fused-ring (bicyclic) bond motifs is 1. The molecule has 0 saturated carbocycles. The third-order valence-electron chi connectivity index (χ3n) is 5.61. The predicted molar refractivity (Wildman–Crippen MR) is 93.5 cm³/mol. The highest BCUT2D eigenvalue weighted by atomic mass is 16.2. The molecular weight excluding hydrogens is 334 g/mol. The summed E-state index contributed by atoms with van der Waals surface area (Å²) >= 11 is 0. The monoisotopic (exact) mass is 355 g/mol. The van der Waals surface area contributed by atoms with Gasteiger partial charge in [-0.2, -0.15) is 0 Å². The van der Waals surface area contributed by atoms with Gasteiger partial charge in [-0.05, 0) is 37.0 Å². The summed E-state index contributed by atoms with van der Waals surface area (Å²) in [6.07, 6.45) is 3.32. The topological polar surface area (TPSA) is 86.8 Å². The lowest BCUT2D eigenvalue weighted by molar-refractivity contribution is -0.136. The second-order valence-electron chi connectivity index (χ2n) is 7.20. The van der Waals surface area contributed by atoms with E-state index in [1.165, 1.54) is 0 Å². The van der Waals surface area contributed by atoms with Gasteiger partial charge in [0.25, 0.3) is 5.91 Å². The summed E-state index contributed by atoms with van der Waals surface area (Å²) in [5.74, 6) is -0.695. The molecule has 0 bridgehead atoms. The first-order chi connectivity index (χ1) is 12.6. The van der Waals surface area contributed by atoms with Gasteiger partial charge in [0, 0.05) is 43.2 Å². The Labute approximate surface area is 151 Å². The maximum absolute atomic E-state index is 12.9. The van der Waals surface area contributed by atoms with Gasteiger partial charge in [-0.15, -0.1) is 0 Å². The molecule has 3 amide bonds. The van der Waals surface area contributed by atoms with Crippen molar-refractivity contribution in [3.05, 3.63) is 29.3 Å². The molecule has 1 aromatic rings. The normalized spacial score (nSPS) is 23.8. The van der Waals surface area contributed by atoms with Crippen molar-refractivity contribution in [2.75, 3.05) is 18.0 Å². The Kier molecular flexibility index (Phi) is 4.22. The molecule has 0 spiro atoms. The molecule has 0 aromatic heterocycles. The number of carbonyl (C=O) groups excluding carboxylic acids is 4. The number of nitrogens with zero attached hydrogens (tertiary/aromatic N) is 2. The van der Waals surface area contributed by atoms with E-state index in [1.54, 1.807) is 4.90 Å². The lowest BCUT2D eigenvalue weighted by Gasteiger charge is -2.31. The SMILES string of the molecule is O=CC1CCN(c2ccc3c(c2)C(=O)N([C@H]2CCC(=O)NC2=O)C3)CC1. The molecule has 0 radical (unpaired) electrons. The molecule has 2 fully saturated rings. The van der Waals surface area contributed by atoms with Gasteiger partial charge in [0.15, 0.2) is 0 Å². The number of piperidine rings is 2. The van der Waals surface area contributed by atoms with Gasteiger partial charge in [0.05, 0.1) is 0 Å². The van der Waals surface area contributed by atoms with E-state index in [2.05, 4.69) is 10.2 Å². The zero-order chi connectivity index (χ0) is 18.3. The van der Waals surface area contributed by atoms with Crippen LogP contribution in [0.25, 0.3) is 0 Å². The summed E-state index contributed by atoms with van der Waals surface area (Å²) in [5, 5.41) is 2.32. The van der Waals surface area contributed by atoms with Gasteiger partial charge in [0.2, 0.25) is 11.8 Å². The van der Waals surface area contributed by atoms with Crippen molar-refractivity contribution < 1.29 is 19.2 Å². The molecule has 3 aliphatic rings. The first-order valence-electron chi connectivity index (χ1n) is 9.04. The number of hydrogen-bond acceptors (Lipinski definition) is 5. The average Bonchev–Trinajstić information content (AvgIpc) is 2.98. The minimum Gasteiger partial charge on any atom is -0.371 e. The third kappa shape index (κ3) is 2.87. The van der Waals surface area contributed by atoms with Crippen molar-refractivity contribution in [2.45, 2.75) is 38.3 Å². The van der Waals surface area contributed by atoms with Crippen LogP contribution in [-0.4, -0.2) is 48.0 Å². The van der Waals surface area contributed by atoms with Crippen molar-refractivity contribution in [2.24, 2.45) is 5.92 Å². The molecule has 1 atom stereocenters. The van der Waals surface area contributed by atoms with Crippen LogP contribution in [0.3, 0.4) is 0 Å². The molecule has 1 aromatic carbocycles. The van der Waals surface area contributed by atoms with E-state index in [1.807, 2.05) is 18.2 Å². The summed E-state index contributed by atoms with van der Waals surface area (Å²) in [6.45, 7) is 1.99. The maximum Gasteiger partial charge on any atom is 0.255 e. The van der Waals surface area contributed by atoms with Crippen LogP contribution in [0.5, 0.6) is 0 Å². The van der Waals surface area contributed by atoms with Crippen molar-refractivity contribution >= 4 is 29.7 Å². The molecule has 0 aliphatic carbocycles. The minimum atomic E-state index is -0.584. The Balaban J connectivity index is 1.51. The van der Waals surface area contributed by atoms with E-state index in [4.69, 9.17) is 0 Å². The number of rotatable bonds is 3. The Morgan fingerprint density at radius 1 is 1.08 bits per heavy atom. The van der Waals surface area contributed by atoms with E-state index in [0.717, 1.165) is 43.5 Å². The summed E-state index contributed by atoms with van der Waals surface area (Å²) in [5.41, 5.74) is 2.52. The number of imide groups is 1. The number of anilines is 1. The maximum atomic E-state index is 12.9. The van der Waals surface area contributed by atoms with Gasteiger partial charge in [0.1, 0.15) is 12.3 Å². The Morgan fingerprint density at radius 3 is 2.54 bits per heavy atom. The highest BCUT2D eigenvalue weighted by Crippen LogP contribution is 2.31. The molecule has 4 rings (SSSR count). The van der Waals surface area contributed by atoms with E-state index >= 15 is 0 Å². The molecule has 136 valence electrons. The van der Waals surface area contributed by atoms with E-state index < -0.39 is 11.9 Å². The number of nitrogens with one attached hydrogen (secondary N) is 1. The Hall–Kier alpha value is -2.70. The van der Waals surface area contributed by atoms with Gasteiger partial charge in [-0.25, -0.2) is 0 Å². The zero-order valence-corrected chi connectivity index (χ0v) is 14.4. The quantitative estimate of drug-likeness (QED) is 0.642. The Bertz CT molecular complexity index is 783. The molecule has 3 heterocycles. The summed E-state index contributed by atoms with van der Waals surface area (Å²) in [6, 6.07) is 5.26. The number of benzene rings is 1. The van der Waals surface area contributed by atoms with Crippen LogP contribution in [0.1, 0.15) is 41.6 Å². The van der Waals surface area contributed by atoms with Crippen LogP contribution in [0, 0.1) is 5.92 Å². The van der Waals surface area contributed by atoms with Crippen molar-refractivity contribution in [3.8, 4) is 0 Å². The molecule has 7 heteroatoms. The van der Waals surface area contributed by atoms with Crippen LogP contribution in [0.4, 0.5) is 5.69 Å². The predicted octanol–water partition coefficient (Wildman–Crippen LogP) is 0.863. The smallest absolute Gasteiger partial charge is 0.255 e. The molecule has 26 heavy (non-hydrogen) atoms. The Morgan fingerprint density at radius 2 is 1.85 bits per heavy atom. The fraction of sp³-hybridized carbons (Fsp3) is 0.474. The highest BCUT2D eigenvalue weighted by molar-refractivity contribution is 6.05. The third-order valence-corrected chi connectivity index (χ3v) is 5.61. The fourth-order valence-corrected chi connectivity index (χ4v) is 4.03. The second kappa shape index (κ2) is 6.55. The first-order valence-corrected chi connectivity index (χ1v) is 9.04. The summed E-state index contributed by atoms with van der Waals surface area (Å²) < 4.78 is 0. The average molecular weight is 355 g/mol. The summed E-state index contributed by atoms with van der Waals surface area (Å²) in [7, 11) is 0. The summed E-state index contributed by atoms with van der Waals surface area (Å²) in [4.78, 5) is 51.0. The first kappa shape index (κ1) is 16.8. The number of amides is 3. The molecule has 3 aliphatic heterocycles. The number of hydrogen-bond donors (Lipinski definition) is 1. The second-order valence-corrected chi connectivity index (χ2v) is 7.20. The van der Waals surface area contributed by atoms with Crippen molar-refractivity contribution in [1.82, 2.24) is 10.2 Å². The highest BCUT2D eigenvalue weighted by Gasteiger charge is 2.39. The standard InChI is InChI=1S/C19H21N3O4/c23-11-12-5-7-21(8-6-12)14-2-1-13-10-22(19(26)15(13)9-14)16-3-4-17(24)20-18(16)25/h1-2,9,11-12,16H,3-8,10H2,(H,20,24,25)/t16-/m0/s1. The van der Waals surface area contributed by atoms with E-state index in [9.17, 15) is 19.2 Å². The van der Waals surface area contributed by atoms with Gasteiger partial charge in [-0.3, -0.25) is 19.7 Å². The van der Waals surface area contributed by atoms with Gasteiger partial charge >= 0.3 is 0 Å². The van der Waals surface area contributed by atoms with Crippen molar-refractivity contribution in [3.63, 3.8) is 0 Å². The number of aldehydes is 1. The lowest BCUT2D eigenvalue weighted by atomic mass is 9.97. The van der Waals surface area contributed by atoms with Gasteiger partial charge in [-0.1, -0.05) is 6.07 Å². The zero-order valence-electron chi connectivity index (χ0n) is 14.4. The molecule has 0 unspecified atom stereocenters. The van der Waals surface area contributed by atoms with Gasteiger partial charge < -0.3 is 14.6 Å². The lowest BCUT2D eigenvalue weighted by Crippen LogP contribution is -2.52. The fourth-order valence-electron chi connectivity index (χ4n) is 4.03. The molecule has 1 N–H and O–H groups in total.